The van der Waals surface area contributed by atoms with E-state index in [-0.39, 0.29) is 28.7 Å². The van der Waals surface area contributed by atoms with Crippen molar-refractivity contribution in [3.8, 4) is 0 Å². The monoisotopic (exact) mass is 305 g/mol. The minimum absolute atomic E-state index is 0.0804. The maximum absolute atomic E-state index is 12.0. The summed E-state index contributed by atoms with van der Waals surface area (Å²) >= 11 is 11.2. The number of carbonyl (C=O) groups is 3. The van der Waals surface area contributed by atoms with Gasteiger partial charge in [-0.05, 0) is 17.4 Å². The first-order valence-corrected chi connectivity index (χ1v) is 6.61. The lowest BCUT2D eigenvalue weighted by atomic mass is 10.1. The topological polar surface area (TPSA) is 63.7 Å². The van der Waals surface area contributed by atoms with Gasteiger partial charge in [-0.1, -0.05) is 37.0 Å². The van der Waals surface area contributed by atoms with Crippen molar-refractivity contribution < 1.29 is 19.2 Å². The van der Waals surface area contributed by atoms with Crippen molar-refractivity contribution in [1.29, 1.82) is 0 Å². The highest BCUT2D eigenvalue weighted by Gasteiger charge is 2.62. The van der Waals surface area contributed by atoms with Gasteiger partial charge in [-0.3, -0.25) is 9.59 Å². The second-order valence-corrected chi connectivity index (χ2v) is 6.28. The molecule has 0 radical (unpaired) electrons. The van der Waals surface area contributed by atoms with Crippen molar-refractivity contribution in [3.63, 3.8) is 0 Å². The minimum Gasteiger partial charge on any atom is -0.330 e. The minimum atomic E-state index is -0.607. The summed E-state index contributed by atoms with van der Waals surface area (Å²) in [7, 11) is 0. The Kier molecular flexibility index (Phi) is 3.62. The van der Waals surface area contributed by atoms with Crippen LogP contribution in [0.25, 0.3) is 0 Å². The molecule has 1 saturated carbocycles. The lowest BCUT2D eigenvalue weighted by Gasteiger charge is -2.12. The summed E-state index contributed by atoms with van der Waals surface area (Å²) in [5, 5.41) is 0.555. The van der Waals surface area contributed by atoms with Gasteiger partial charge < -0.3 is 4.84 Å². The molecule has 1 saturated heterocycles. The van der Waals surface area contributed by atoms with Crippen molar-refractivity contribution in [2.45, 2.75) is 26.7 Å². The molecule has 2 amide bonds. The van der Waals surface area contributed by atoms with E-state index in [2.05, 4.69) is 0 Å². The van der Waals surface area contributed by atoms with Crippen LogP contribution in [-0.2, 0) is 19.2 Å². The number of hydroxylamine groups is 2. The predicted molar refractivity (Wildman–Crippen MR) is 67.7 cm³/mol. The second kappa shape index (κ2) is 4.80. The molecule has 1 aliphatic heterocycles. The van der Waals surface area contributed by atoms with Gasteiger partial charge >= 0.3 is 5.97 Å². The fourth-order valence-electron chi connectivity index (χ4n) is 2.38. The number of halogens is 2. The molecule has 0 unspecified atom stereocenters. The lowest BCUT2D eigenvalue weighted by Crippen LogP contribution is -2.33. The number of allylic oxidation sites excluding steroid dienone is 1. The Morgan fingerprint density at radius 3 is 2.32 bits per heavy atom. The lowest BCUT2D eigenvalue weighted by molar-refractivity contribution is -0.199. The van der Waals surface area contributed by atoms with Crippen LogP contribution in [0.3, 0.4) is 0 Å². The van der Waals surface area contributed by atoms with Crippen LogP contribution < -0.4 is 0 Å². The SMILES string of the molecule is CC1(C)[C@H](C(=O)ON2C(=O)CCC2=O)[C@@H]1C=C(Cl)Cl. The molecule has 1 heterocycles. The van der Waals surface area contributed by atoms with Crippen LogP contribution in [-0.4, -0.2) is 22.8 Å². The van der Waals surface area contributed by atoms with Gasteiger partial charge in [-0.2, -0.15) is 0 Å². The van der Waals surface area contributed by atoms with Crippen LogP contribution in [0.1, 0.15) is 26.7 Å². The van der Waals surface area contributed by atoms with Crippen molar-refractivity contribution in [1.82, 2.24) is 5.06 Å². The van der Waals surface area contributed by atoms with E-state index in [4.69, 9.17) is 28.0 Å². The van der Waals surface area contributed by atoms with Gasteiger partial charge in [0.15, 0.2) is 0 Å². The van der Waals surface area contributed by atoms with Crippen molar-refractivity contribution in [2.75, 3.05) is 0 Å². The highest BCUT2D eigenvalue weighted by molar-refractivity contribution is 6.55. The predicted octanol–water partition coefficient (Wildman–Crippen LogP) is 2.18. The van der Waals surface area contributed by atoms with Gasteiger partial charge in [-0.15, -0.1) is 5.06 Å². The third-order valence-electron chi connectivity index (χ3n) is 3.66. The van der Waals surface area contributed by atoms with Gasteiger partial charge in [-0.25, -0.2) is 4.79 Å². The molecule has 0 aromatic carbocycles. The fourth-order valence-corrected chi connectivity index (χ4v) is 2.65. The molecule has 104 valence electrons. The highest BCUT2D eigenvalue weighted by Crippen LogP contribution is 2.60. The van der Waals surface area contributed by atoms with Crippen molar-refractivity contribution >= 4 is 41.0 Å². The maximum atomic E-state index is 12.0. The molecule has 0 bridgehead atoms. The zero-order valence-corrected chi connectivity index (χ0v) is 12.0. The van der Waals surface area contributed by atoms with E-state index in [0.29, 0.717) is 5.06 Å². The Morgan fingerprint density at radius 2 is 1.84 bits per heavy atom. The van der Waals surface area contributed by atoms with E-state index < -0.39 is 23.7 Å². The second-order valence-electron chi connectivity index (χ2n) is 5.27. The van der Waals surface area contributed by atoms with Crippen LogP contribution in [0, 0.1) is 17.3 Å². The number of nitrogens with zero attached hydrogens (tertiary/aromatic N) is 1. The molecule has 5 nitrogen and oxygen atoms in total. The van der Waals surface area contributed by atoms with E-state index in [9.17, 15) is 14.4 Å². The Hall–Kier alpha value is -1.07. The number of rotatable bonds is 3. The number of hydrogen-bond donors (Lipinski definition) is 0. The van der Waals surface area contributed by atoms with E-state index in [1.54, 1.807) is 6.08 Å². The van der Waals surface area contributed by atoms with E-state index >= 15 is 0 Å². The molecular weight excluding hydrogens is 293 g/mol. The third-order valence-corrected chi connectivity index (χ3v) is 3.91. The molecule has 2 aliphatic rings. The van der Waals surface area contributed by atoms with Crippen molar-refractivity contribution in [3.05, 3.63) is 10.6 Å². The number of imide groups is 1. The summed E-state index contributed by atoms with van der Waals surface area (Å²) in [6, 6.07) is 0. The first kappa shape index (κ1) is 14.3. The molecule has 2 fully saturated rings. The summed E-state index contributed by atoms with van der Waals surface area (Å²) in [6.07, 6.45) is 1.73. The zero-order chi connectivity index (χ0) is 14.4. The Bertz CT molecular complexity index is 466. The summed E-state index contributed by atoms with van der Waals surface area (Å²) < 4.78 is 0.0849. The van der Waals surface area contributed by atoms with Gasteiger partial charge in [0.1, 0.15) is 4.49 Å². The summed E-state index contributed by atoms with van der Waals surface area (Å²) in [5.74, 6) is -2.19. The van der Waals surface area contributed by atoms with Crippen LogP contribution in [0.5, 0.6) is 0 Å². The fraction of sp³-hybridized carbons (Fsp3) is 0.583. The van der Waals surface area contributed by atoms with Crippen LogP contribution in [0.2, 0.25) is 0 Å². The van der Waals surface area contributed by atoms with Gasteiger partial charge in [0.2, 0.25) is 0 Å². The molecule has 19 heavy (non-hydrogen) atoms. The first-order chi connectivity index (χ1) is 8.75. The first-order valence-electron chi connectivity index (χ1n) is 5.85. The number of amides is 2. The largest absolute Gasteiger partial charge is 0.337 e. The molecule has 0 spiro atoms. The quantitative estimate of drug-likeness (QED) is 0.750. The van der Waals surface area contributed by atoms with Crippen molar-refractivity contribution in [2.24, 2.45) is 17.3 Å². The zero-order valence-electron chi connectivity index (χ0n) is 10.5. The average Bonchev–Trinajstić information content (AvgIpc) is 2.67. The van der Waals surface area contributed by atoms with Crippen LogP contribution in [0.4, 0.5) is 0 Å². The molecule has 0 aromatic rings. The van der Waals surface area contributed by atoms with Crippen LogP contribution >= 0.6 is 23.2 Å². The van der Waals surface area contributed by atoms with E-state index in [0.717, 1.165) is 0 Å². The smallest absolute Gasteiger partial charge is 0.330 e. The Morgan fingerprint density at radius 1 is 1.32 bits per heavy atom. The molecule has 7 heteroatoms. The average molecular weight is 306 g/mol. The maximum Gasteiger partial charge on any atom is 0.337 e. The number of hydrogen-bond acceptors (Lipinski definition) is 4. The van der Waals surface area contributed by atoms with Gasteiger partial charge in [0, 0.05) is 12.8 Å². The Balaban J connectivity index is 2.04. The summed E-state index contributed by atoms with van der Waals surface area (Å²) in [4.78, 5) is 39.6. The molecule has 0 N–H and O–H groups in total. The number of carbonyl (C=O) groups excluding carboxylic acids is 3. The van der Waals surface area contributed by atoms with Crippen LogP contribution in [0.15, 0.2) is 10.6 Å². The molecule has 2 atom stereocenters. The molecular formula is C12H13Cl2NO4. The van der Waals surface area contributed by atoms with Gasteiger partial charge in [0.05, 0.1) is 5.92 Å². The van der Waals surface area contributed by atoms with Gasteiger partial charge in [0.25, 0.3) is 11.8 Å². The Labute approximate surface area is 120 Å². The van der Waals surface area contributed by atoms with E-state index in [1.807, 2.05) is 13.8 Å². The molecule has 1 aliphatic carbocycles. The normalized spacial score (nSPS) is 28.3. The highest BCUT2D eigenvalue weighted by atomic mass is 35.5. The molecule has 0 aromatic heterocycles. The molecule has 2 rings (SSSR count). The van der Waals surface area contributed by atoms with E-state index in [1.165, 1.54) is 0 Å². The summed E-state index contributed by atoms with van der Waals surface area (Å²) in [6.45, 7) is 3.73. The summed E-state index contributed by atoms with van der Waals surface area (Å²) in [5.41, 5.74) is -0.349. The third kappa shape index (κ3) is 2.62. The standard InChI is InChI=1S/C12H13Cl2NO4/c1-12(2)6(5-7(13)14)10(12)11(18)19-15-8(16)3-4-9(15)17/h5-6,10H,3-4H2,1-2H3/t6-,10-/m0/s1.